The van der Waals surface area contributed by atoms with E-state index in [4.69, 9.17) is 0 Å². The molecule has 2 unspecified atom stereocenters. The number of hydrogen-bond donors (Lipinski definition) is 3. The number of rotatable bonds is 5. The maximum atomic E-state index is 11.0. The Bertz CT molecular complexity index is 383. The van der Waals surface area contributed by atoms with E-state index in [0.717, 1.165) is 0 Å². The van der Waals surface area contributed by atoms with Crippen LogP contribution < -0.4 is 10.0 Å². The van der Waals surface area contributed by atoms with Gasteiger partial charge in [-0.25, -0.2) is 0 Å². The highest BCUT2D eigenvalue weighted by Gasteiger charge is 2.19. The minimum Gasteiger partial charge on any atom is -0.619 e. The van der Waals surface area contributed by atoms with Gasteiger partial charge in [-0.2, -0.15) is 4.73 Å². The summed E-state index contributed by atoms with van der Waals surface area (Å²) in [6.45, 7) is 1.65. The number of aliphatic hydroxyl groups is 2. The topological polar surface area (TPSA) is 96.5 Å². The van der Waals surface area contributed by atoms with Crippen molar-refractivity contribution in [3.63, 3.8) is 0 Å². The molecule has 1 aromatic rings. The Morgan fingerprint density at radius 3 is 2.88 bits per heavy atom. The smallest absolute Gasteiger partial charge is 0.216 e. The molecule has 6 nitrogen and oxygen atoms in total. The minimum atomic E-state index is -1.13. The van der Waals surface area contributed by atoms with E-state index in [0.29, 0.717) is 10.3 Å². The van der Waals surface area contributed by atoms with Crippen LogP contribution in [0.5, 0.6) is 0 Å². The molecule has 0 aliphatic carbocycles. The van der Waals surface area contributed by atoms with Crippen molar-refractivity contribution in [3.8, 4) is 0 Å². The van der Waals surface area contributed by atoms with Crippen LogP contribution in [0.2, 0.25) is 0 Å². The van der Waals surface area contributed by atoms with E-state index in [1.807, 2.05) is 0 Å². The average Bonchev–Trinajstić information content (AvgIpc) is 2.27. The number of nitrogens with one attached hydrogen (secondary N) is 1. The van der Waals surface area contributed by atoms with Gasteiger partial charge >= 0.3 is 0 Å². The first kappa shape index (κ1) is 13.4. The van der Waals surface area contributed by atoms with Crippen molar-refractivity contribution in [2.75, 3.05) is 6.54 Å². The number of carbonyl (C=O) groups excluding carboxylic acids is 1. The molecule has 0 fully saturated rings. The summed E-state index contributed by atoms with van der Waals surface area (Å²) in [5.74, 6) is -0.191. The maximum Gasteiger partial charge on any atom is 0.216 e. The molecule has 0 spiro atoms. The highest BCUT2D eigenvalue weighted by atomic mass is 16.5. The Morgan fingerprint density at radius 1 is 1.59 bits per heavy atom. The lowest BCUT2D eigenvalue weighted by atomic mass is 10.0. The van der Waals surface area contributed by atoms with E-state index in [1.165, 1.54) is 25.4 Å². The van der Waals surface area contributed by atoms with E-state index >= 15 is 0 Å². The summed E-state index contributed by atoms with van der Waals surface area (Å²) < 4.78 is 0.555. The van der Waals surface area contributed by atoms with Crippen LogP contribution in [-0.2, 0) is 4.79 Å². The monoisotopic (exact) mass is 240 g/mol. The molecule has 1 rings (SSSR count). The van der Waals surface area contributed by atoms with Crippen LogP contribution in [0.3, 0.4) is 0 Å². The zero-order valence-electron chi connectivity index (χ0n) is 9.54. The van der Waals surface area contributed by atoms with Gasteiger partial charge in [-0.3, -0.25) is 4.79 Å². The number of amides is 1. The molecule has 0 saturated carbocycles. The molecule has 17 heavy (non-hydrogen) atoms. The van der Waals surface area contributed by atoms with Gasteiger partial charge in [-0.05, 0) is 12.5 Å². The van der Waals surface area contributed by atoms with E-state index in [-0.39, 0.29) is 18.9 Å². The van der Waals surface area contributed by atoms with Crippen molar-refractivity contribution in [2.24, 2.45) is 0 Å². The Kier molecular flexibility index (Phi) is 4.86. The molecule has 0 saturated heterocycles. The summed E-state index contributed by atoms with van der Waals surface area (Å²) in [6.07, 6.45) is 0.551. The SMILES string of the molecule is CC(=O)NCCC(O)C(O)c1ccc[n+]([O-])c1. The molecular formula is C11H16N2O4. The number of hydrogen-bond acceptors (Lipinski definition) is 4. The molecule has 0 bridgehead atoms. The molecule has 1 aromatic heterocycles. The third-order valence-electron chi connectivity index (χ3n) is 2.32. The highest BCUT2D eigenvalue weighted by molar-refractivity contribution is 5.72. The minimum absolute atomic E-state index is 0.191. The molecule has 1 heterocycles. The third kappa shape index (κ3) is 4.38. The standard InChI is InChI=1S/C11H16N2O4/c1-8(14)12-5-4-10(15)11(16)9-3-2-6-13(17)7-9/h2-3,6-7,10-11,15-16H,4-5H2,1H3,(H,12,14). The second-order valence-electron chi connectivity index (χ2n) is 3.78. The van der Waals surface area contributed by atoms with Crippen LogP contribution in [0.25, 0.3) is 0 Å². The number of carbonyl (C=O) groups is 1. The summed E-state index contributed by atoms with van der Waals surface area (Å²) in [5, 5.41) is 32.9. The number of aromatic nitrogens is 1. The van der Waals surface area contributed by atoms with Crippen LogP contribution in [0.1, 0.15) is 25.0 Å². The van der Waals surface area contributed by atoms with Crippen molar-refractivity contribution in [1.82, 2.24) is 5.32 Å². The summed E-state index contributed by atoms with van der Waals surface area (Å²) >= 11 is 0. The van der Waals surface area contributed by atoms with Gasteiger partial charge in [-0.1, -0.05) is 0 Å². The molecule has 0 aliphatic rings. The Morgan fingerprint density at radius 2 is 2.29 bits per heavy atom. The highest BCUT2D eigenvalue weighted by Crippen LogP contribution is 2.16. The summed E-state index contributed by atoms with van der Waals surface area (Å²) in [7, 11) is 0. The molecule has 3 N–H and O–H groups in total. The van der Waals surface area contributed by atoms with Crippen LogP contribution in [0.4, 0.5) is 0 Å². The van der Waals surface area contributed by atoms with Gasteiger partial charge in [0.05, 0.1) is 6.10 Å². The fourth-order valence-electron chi connectivity index (χ4n) is 1.42. The van der Waals surface area contributed by atoms with E-state index in [9.17, 15) is 20.2 Å². The zero-order valence-corrected chi connectivity index (χ0v) is 9.54. The zero-order chi connectivity index (χ0) is 12.8. The number of aliphatic hydroxyl groups excluding tert-OH is 2. The first-order chi connectivity index (χ1) is 8.00. The first-order valence-electron chi connectivity index (χ1n) is 5.30. The molecule has 1 amide bonds. The largest absolute Gasteiger partial charge is 0.619 e. The number of pyridine rings is 1. The normalized spacial score (nSPS) is 14.1. The maximum absolute atomic E-state index is 11.0. The number of nitrogens with zero attached hydrogens (tertiary/aromatic N) is 1. The quantitative estimate of drug-likeness (QED) is 0.465. The van der Waals surface area contributed by atoms with Crippen molar-refractivity contribution in [2.45, 2.75) is 25.6 Å². The Labute approximate surface area is 99.1 Å². The fraction of sp³-hybridized carbons (Fsp3) is 0.455. The van der Waals surface area contributed by atoms with Gasteiger partial charge in [0, 0.05) is 25.1 Å². The Balaban J connectivity index is 2.51. The second-order valence-corrected chi connectivity index (χ2v) is 3.78. The molecule has 0 aromatic carbocycles. The van der Waals surface area contributed by atoms with Gasteiger partial charge in [0.2, 0.25) is 5.91 Å². The van der Waals surface area contributed by atoms with Gasteiger partial charge < -0.3 is 20.7 Å². The van der Waals surface area contributed by atoms with Crippen LogP contribution in [0.15, 0.2) is 24.5 Å². The summed E-state index contributed by atoms with van der Waals surface area (Å²) in [4.78, 5) is 10.6. The first-order valence-corrected chi connectivity index (χ1v) is 5.30. The fourth-order valence-corrected chi connectivity index (χ4v) is 1.42. The predicted molar refractivity (Wildman–Crippen MR) is 59.7 cm³/mol. The lowest BCUT2D eigenvalue weighted by Crippen LogP contribution is -2.30. The van der Waals surface area contributed by atoms with Crippen molar-refractivity contribution < 1.29 is 19.7 Å². The lowest BCUT2D eigenvalue weighted by Gasteiger charge is -2.17. The van der Waals surface area contributed by atoms with E-state index in [2.05, 4.69) is 5.32 Å². The molecule has 0 aliphatic heterocycles. The summed E-state index contributed by atoms with van der Waals surface area (Å²) in [6, 6.07) is 3.05. The molecular weight excluding hydrogens is 224 g/mol. The average molecular weight is 240 g/mol. The summed E-state index contributed by atoms with van der Waals surface area (Å²) in [5.41, 5.74) is 0.345. The molecule has 6 heteroatoms. The van der Waals surface area contributed by atoms with Gasteiger partial charge in [0.15, 0.2) is 12.4 Å². The van der Waals surface area contributed by atoms with Crippen LogP contribution in [0, 0.1) is 5.21 Å². The van der Waals surface area contributed by atoms with Crippen molar-refractivity contribution in [3.05, 3.63) is 35.3 Å². The van der Waals surface area contributed by atoms with Crippen LogP contribution in [-0.4, -0.2) is 28.8 Å². The van der Waals surface area contributed by atoms with Crippen molar-refractivity contribution >= 4 is 5.91 Å². The molecule has 2 atom stereocenters. The van der Waals surface area contributed by atoms with Gasteiger partial charge in [-0.15, -0.1) is 0 Å². The predicted octanol–water partition coefficient (Wildman–Crippen LogP) is -0.760. The Hall–Kier alpha value is -1.66. The van der Waals surface area contributed by atoms with E-state index < -0.39 is 12.2 Å². The second kappa shape index (κ2) is 6.17. The van der Waals surface area contributed by atoms with E-state index in [1.54, 1.807) is 6.07 Å². The van der Waals surface area contributed by atoms with Crippen LogP contribution >= 0.6 is 0 Å². The molecule has 0 radical (unpaired) electrons. The van der Waals surface area contributed by atoms with Gasteiger partial charge in [0.1, 0.15) is 6.10 Å². The van der Waals surface area contributed by atoms with Gasteiger partial charge in [0.25, 0.3) is 0 Å². The third-order valence-corrected chi connectivity index (χ3v) is 2.32. The van der Waals surface area contributed by atoms with Crippen molar-refractivity contribution in [1.29, 1.82) is 0 Å². The molecule has 94 valence electrons. The lowest BCUT2D eigenvalue weighted by molar-refractivity contribution is -0.606.